The second-order valence-electron chi connectivity index (χ2n) is 3.80. The van der Waals surface area contributed by atoms with Gasteiger partial charge in [-0.05, 0) is 18.2 Å². The summed E-state index contributed by atoms with van der Waals surface area (Å²) < 4.78 is 0. The number of hydrogen-bond acceptors (Lipinski definition) is 2. The fourth-order valence-corrected chi connectivity index (χ4v) is 1.78. The Labute approximate surface area is 120 Å². The molecule has 2 aromatic rings. The lowest BCUT2D eigenvalue weighted by molar-refractivity contribution is 0.252. The molecule has 1 heterocycles. The molecular formula is C12H12Cl2N4O. The van der Waals surface area contributed by atoms with Gasteiger partial charge >= 0.3 is 6.03 Å². The van der Waals surface area contributed by atoms with Crippen LogP contribution in [0.1, 0.15) is 5.82 Å². The largest absolute Gasteiger partial charge is 0.349 e. The zero-order valence-corrected chi connectivity index (χ0v) is 11.4. The Bertz CT molecular complexity index is 557. The first-order chi connectivity index (χ1) is 9.15. The van der Waals surface area contributed by atoms with Crippen LogP contribution >= 0.6 is 23.2 Å². The molecule has 0 radical (unpaired) electrons. The monoisotopic (exact) mass is 298 g/mol. The maximum absolute atomic E-state index is 11.6. The van der Waals surface area contributed by atoms with Crippen LogP contribution in [0, 0.1) is 0 Å². The number of amides is 2. The van der Waals surface area contributed by atoms with Gasteiger partial charge in [0.1, 0.15) is 5.82 Å². The highest BCUT2D eigenvalue weighted by Crippen LogP contribution is 2.24. The highest BCUT2D eigenvalue weighted by atomic mass is 35.5. The molecule has 1 aromatic heterocycles. The topological polar surface area (TPSA) is 69.8 Å². The van der Waals surface area contributed by atoms with Crippen LogP contribution in [0.3, 0.4) is 0 Å². The number of hydrogen-bond donors (Lipinski definition) is 3. The Hall–Kier alpha value is -1.72. The molecule has 0 saturated heterocycles. The molecule has 2 amide bonds. The number of imidazole rings is 1. The van der Waals surface area contributed by atoms with Crippen molar-refractivity contribution in [3.63, 3.8) is 0 Å². The third-order valence-corrected chi connectivity index (χ3v) is 3.12. The van der Waals surface area contributed by atoms with Crippen molar-refractivity contribution in [2.75, 3.05) is 11.9 Å². The molecule has 3 N–H and O–H groups in total. The summed E-state index contributed by atoms with van der Waals surface area (Å²) in [5.41, 5.74) is 0.588. The molecule has 0 unspecified atom stereocenters. The number of nitrogens with zero attached hydrogens (tertiary/aromatic N) is 1. The quantitative estimate of drug-likeness (QED) is 0.812. The van der Waals surface area contributed by atoms with Crippen molar-refractivity contribution in [3.05, 3.63) is 46.5 Å². The first kappa shape index (κ1) is 13.7. The van der Waals surface area contributed by atoms with Gasteiger partial charge in [0, 0.05) is 31.0 Å². The maximum Gasteiger partial charge on any atom is 0.319 e. The molecule has 1 aromatic carbocycles. The molecule has 100 valence electrons. The fourth-order valence-electron chi connectivity index (χ4n) is 1.48. The summed E-state index contributed by atoms with van der Waals surface area (Å²) in [6.45, 7) is 0.487. The first-order valence-corrected chi connectivity index (χ1v) is 6.39. The number of anilines is 1. The van der Waals surface area contributed by atoms with Crippen LogP contribution < -0.4 is 10.6 Å². The lowest BCUT2D eigenvalue weighted by Gasteiger charge is -2.07. The van der Waals surface area contributed by atoms with E-state index in [0.717, 1.165) is 5.82 Å². The van der Waals surface area contributed by atoms with E-state index < -0.39 is 0 Å². The van der Waals surface area contributed by atoms with Crippen molar-refractivity contribution in [2.24, 2.45) is 0 Å². The van der Waals surface area contributed by atoms with Crippen molar-refractivity contribution in [1.82, 2.24) is 15.3 Å². The number of benzene rings is 1. The van der Waals surface area contributed by atoms with Crippen LogP contribution in [0.15, 0.2) is 30.6 Å². The predicted molar refractivity (Wildman–Crippen MR) is 75.8 cm³/mol. The Morgan fingerprint density at radius 2 is 2.16 bits per heavy atom. The van der Waals surface area contributed by atoms with Crippen molar-refractivity contribution in [3.8, 4) is 0 Å². The first-order valence-electron chi connectivity index (χ1n) is 5.63. The van der Waals surface area contributed by atoms with Crippen molar-refractivity contribution in [1.29, 1.82) is 0 Å². The van der Waals surface area contributed by atoms with E-state index in [1.165, 1.54) is 0 Å². The Morgan fingerprint density at radius 1 is 1.32 bits per heavy atom. The molecule has 7 heteroatoms. The minimum Gasteiger partial charge on any atom is -0.349 e. The maximum atomic E-state index is 11.6. The Balaban J connectivity index is 1.79. The van der Waals surface area contributed by atoms with E-state index in [9.17, 15) is 4.79 Å². The zero-order valence-electron chi connectivity index (χ0n) is 9.91. The van der Waals surface area contributed by atoms with E-state index in [1.807, 2.05) is 0 Å². The molecule has 0 aliphatic rings. The number of rotatable bonds is 4. The summed E-state index contributed by atoms with van der Waals surface area (Å²) in [5, 5.41) is 6.23. The van der Waals surface area contributed by atoms with Gasteiger partial charge in [0.15, 0.2) is 0 Å². The molecule has 0 fully saturated rings. The van der Waals surface area contributed by atoms with Gasteiger partial charge in [0.25, 0.3) is 0 Å². The normalized spacial score (nSPS) is 10.2. The average molecular weight is 299 g/mol. The molecule has 0 bridgehead atoms. The summed E-state index contributed by atoms with van der Waals surface area (Å²) in [6.07, 6.45) is 4.05. The molecule has 19 heavy (non-hydrogen) atoms. The number of urea groups is 1. The fraction of sp³-hybridized carbons (Fsp3) is 0.167. The number of H-pyrrole nitrogens is 1. The zero-order chi connectivity index (χ0) is 13.7. The van der Waals surface area contributed by atoms with Gasteiger partial charge in [-0.15, -0.1) is 0 Å². The summed E-state index contributed by atoms with van der Waals surface area (Å²) in [5.74, 6) is 0.829. The number of carbonyl (C=O) groups excluding carboxylic acids is 1. The van der Waals surface area contributed by atoms with Crippen LogP contribution in [-0.2, 0) is 6.42 Å². The average Bonchev–Trinajstić information content (AvgIpc) is 2.87. The van der Waals surface area contributed by atoms with Gasteiger partial charge in [-0.1, -0.05) is 23.2 Å². The van der Waals surface area contributed by atoms with E-state index in [1.54, 1.807) is 30.6 Å². The molecule has 2 rings (SSSR count). The van der Waals surface area contributed by atoms with Crippen LogP contribution in [0.2, 0.25) is 10.0 Å². The lowest BCUT2D eigenvalue weighted by atomic mass is 10.3. The smallest absolute Gasteiger partial charge is 0.319 e. The van der Waals surface area contributed by atoms with Crippen LogP contribution in [0.25, 0.3) is 0 Å². The highest BCUT2D eigenvalue weighted by Gasteiger charge is 2.04. The van der Waals surface area contributed by atoms with Gasteiger partial charge in [0.05, 0.1) is 10.0 Å². The molecule has 0 spiro atoms. The van der Waals surface area contributed by atoms with Gasteiger partial charge in [-0.2, -0.15) is 0 Å². The van der Waals surface area contributed by atoms with E-state index in [-0.39, 0.29) is 6.03 Å². The van der Waals surface area contributed by atoms with Crippen molar-refractivity contribution < 1.29 is 4.79 Å². The minimum atomic E-state index is -0.301. The van der Waals surface area contributed by atoms with Crippen LogP contribution in [0.4, 0.5) is 10.5 Å². The van der Waals surface area contributed by atoms with Crippen molar-refractivity contribution >= 4 is 34.9 Å². The summed E-state index contributed by atoms with van der Waals surface area (Å²) in [7, 11) is 0. The van der Waals surface area contributed by atoms with E-state index in [0.29, 0.717) is 28.7 Å². The summed E-state index contributed by atoms with van der Waals surface area (Å²) in [6, 6.07) is 4.60. The number of nitrogens with one attached hydrogen (secondary N) is 3. The standard InChI is InChI=1S/C12H12Cl2N4O/c13-9-2-1-8(7-10(9)14)18-12(19)17-4-3-11-15-5-6-16-11/h1-2,5-7H,3-4H2,(H,15,16)(H2,17,18,19). The minimum absolute atomic E-state index is 0.301. The molecule has 0 aliphatic carbocycles. The molecular weight excluding hydrogens is 287 g/mol. The molecule has 0 aliphatic heterocycles. The SMILES string of the molecule is O=C(NCCc1ncc[nH]1)Nc1ccc(Cl)c(Cl)c1. The number of aromatic nitrogens is 2. The van der Waals surface area contributed by atoms with E-state index in [4.69, 9.17) is 23.2 Å². The van der Waals surface area contributed by atoms with Crippen molar-refractivity contribution in [2.45, 2.75) is 6.42 Å². The van der Waals surface area contributed by atoms with Gasteiger partial charge in [-0.3, -0.25) is 0 Å². The Kier molecular flexibility index (Phi) is 4.65. The number of aromatic amines is 1. The van der Waals surface area contributed by atoms with Crippen LogP contribution in [0.5, 0.6) is 0 Å². The Morgan fingerprint density at radius 3 is 2.84 bits per heavy atom. The van der Waals surface area contributed by atoms with Gasteiger partial charge in [-0.25, -0.2) is 9.78 Å². The second-order valence-corrected chi connectivity index (χ2v) is 4.61. The molecule has 5 nitrogen and oxygen atoms in total. The molecule has 0 atom stereocenters. The van der Waals surface area contributed by atoms with Gasteiger partial charge < -0.3 is 15.6 Å². The second kappa shape index (κ2) is 6.45. The third kappa shape index (κ3) is 4.15. The van der Waals surface area contributed by atoms with Gasteiger partial charge in [0.2, 0.25) is 0 Å². The number of halogens is 2. The predicted octanol–water partition coefficient (Wildman–Crippen LogP) is 3.08. The van der Waals surface area contributed by atoms with E-state index >= 15 is 0 Å². The van der Waals surface area contributed by atoms with E-state index in [2.05, 4.69) is 20.6 Å². The molecule has 0 saturated carbocycles. The summed E-state index contributed by atoms with van der Waals surface area (Å²) >= 11 is 11.6. The highest BCUT2D eigenvalue weighted by molar-refractivity contribution is 6.42. The number of carbonyl (C=O) groups is 1. The summed E-state index contributed by atoms with van der Waals surface area (Å²) in [4.78, 5) is 18.6. The lowest BCUT2D eigenvalue weighted by Crippen LogP contribution is -2.30. The third-order valence-electron chi connectivity index (χ3n) is 2.38. The van der Waals surface area contributed by atoms with Crippen LogP contribution in [-0.4, -0.2) is 22.5 Å².